The first-order valence-electron chi connectivity index (χ1n) is 23.6. The molecule has 52 heavy (non-hydrogen) atoms. The van der Waals surface area contributed by atoms with Gasteiger partial charge in [0.2, 0.25) is 5.91 Å². The number of carbonyl (C=O) groups excluding carboxylic acids is 1. The fraction of sp³-hybridized carbons (Fsp3) is 0.896. The molecule has 0 rings (SSSR count). The highest BCUT2D eigenvalue weighted by Gasteiger charge is 2.20. The zero-order valence-electron chi connectivity index (χ0n) is 35.3. The highest BCUT2D eigenvalue weighted by Crippen LogP contribution is 2.17. The summed E-state index contributed by atoms with van der Waals surface area (Å²) in [5, 5.41) is 23.2. The molecule has 0 aromatic carbocycles. The Morgan fingerprint density at radius 2 is 0.769 bits per heavy atom. The quantitative estimate of drug-likeness (QED) is 0.0432. The molecule has 4 heteroatoms. The Balaban J connectivity index is 3.46. The maximum absolute atomic E-state index is 12.4. The molecular weight excluding hydrogens is 639 g/mol. The average Bonchev–Trinajstić information content (AvgIpc) is 3.15. The first-order chi connectivity index (χ1) is 25.7. The van der Waals surface area contributed by atoms with Gasteiger partial charge in [-0.05, 0) is 38.5 Å². The molecule has 2 atom stereocenters. The predicted molar refractivity (Wildman–Crippen MR) is 230 cm³/mol. The highest BCUT2D eigenvalue weighted by atomic mass is 16.3. The lowest BCUT2D eigenvalue weighted by atomic mass is 10.0. The summed E-state index contributed by atoms with van der Waals surface area (Å²) in [5.74, 6) is -0.0409. The van der Waals surface area contributed by atoms with E-state index in [1.54, 1.807) is 0 Å². The number of hydrogen-bond acceptors (Lipinski definition) is 3. The molecular formula is C48H93NO3. The second-order valence-electron chi connectivity index (χ2n) is 16.2. The van der Waals surface area contributed by atoms with Gasteiger partial charge >= 0.3 is 0 Å². The van der Waals surface area contributed by atoms with Crippen molar-refractivity contribution in [2.24, 2.45) is 0 Å². The smallest absolute Gasteiger partial charge is 0.220 e. The van der Waals surface area contributed by atoms with Crippen molar-refractivity contribution < 1.29 is 15.0 Å². The van der Waals surface area contributed by atoms with E-state index in [2.05, 4.69) is 43.5 Å². The third-order valence-electron chi connectivity index (χ3n) is 11.0. The van der Waals surface area contributed by atoms with Gasteiger partial charge in [-0.15, -0.1) is 0 Å². The fourth-order valence-electron chi connectivity index (χ4n) is 7.35. The molecule has 0 heterocycles. The predicted octanol–water partition coefficient (Wildman–Crippen LogP) is 14.8. The Morgan fingerprint density at radius 1 is 0.462 bits per heavy atom. The van der Waals surface area contributed by atoms with Gasteiger partial charge in [0.15, 0.2) is 0 Å². The summed E-state index contributed by atoms with van der Waals surface area (Å²) in [7, 11) is 0. The van der Waals surface area contributed by atoms with Crippen molar-refractivity contribution >= 4 is 5.91 Å². The van der Waals surface area contributed by atoms with Gasteiger partial charge in [0.25, 0.3) is 0 Å². The SMILES string of the molecule is CCCCC/C=C\C=C/CCCCCCCCC(=O)NC(CO)C(O)CCCCCCCCCCCCCCCCCCCCCCCCCCC. The van der Waals surface area contributed by atoms with Crippen molar-refractivity contribution in [2.45, 2.75) is 270 Å². The first-order valence-corrected chi connectivity index (χ1v) is 23.6. The lowest BCUT2D eigenvalue weighted by Crippen LogP contribution is -2.45. The van der Waals surface area contributed by atoms with Gasteiger partial charge in [-0.2, -0.15) is 0 Å². The summed E-state index contributed by atoms with van der Waals surface area (Å²) in [4.78, 5) is 12.4. The zero-order chi connectivity index (χ0) is 37.8. The normalized spacial score (nSPS) is 13.1. The monoisotopic (exact) mass is 732 g/mol. The fourth-order valence-corrected chi connectivity index (χ4v) is 7.35. The minimum Gasteiger partial charge on any atom is -0.394 e. The Morgan fingerprint density at radius 3 is 1.15 bits per heavy atom. The Labute approximate surface area is 326 Å². The Hall–Kier alpha value is -1.13. The topological polar surface area (TPSA) is 69.6 Å². The van der Waals surface area contributed by atoms with Crippen molar-refractivity contribution in [2.75, 3.05) is 6.61 Å². The van der Waals surface area contributed by atoms with E-state index in [1.807, 2.05) is 0 Å². The van der Waals surface area contributed by atoms with E-state index >= 15 is 0 Å². The molecule has 0 saturated heterocycles. The van der Waals surface area contributed by atoms with Crippen LogP contribution in [-0.4, -0.2) is 34.9 Å². The van der Waals surface area contributed by atoms with E-state index in [-0.39, 0.29) is 12.5 Å². The second kappa shape index (κ2) is 44.3. The molecule has 308 valence electrons. The molecule has 0 radical (unpaired) electrons. The van der Waals surface area contributed by atoms with Gasteiger partial charge in [-0.25, -0.2) is 0 Å². The van der Waals surface area contributed by atoms with Crippen LogP contribution in [0.3, 0.4) is 0 Å². The van der Waals surface area contributed by atoms with Gasteiger partial charge in [0.1, 0.15) is 0 Å². The summed E-state index contributed by atoms with van der Waals surface area (Å²) in [6.07, 6.45) is 57.0. The summed E-state index contributed by atoms with van der Waals surface area (Å²) in [6.45, 7) is 4.34. The maximum atomic E-state index is 12.4. The number of amides is 1. The van der Waals surface area contributed by atoms with Gasteiger partial charge < -0.3 is 15.5 Å². The number of nitrogens with one attached hydrogen (secondary N) is 1. The minimum absolute atomic E-state index is 0.0409. The number of hydrogen-bond donors (Lipinski definition) is 3. The van der Waals surface area contributed by atoms with E-state index in [0.29, 0.717) is 12.8 Å². The van der Waals surface area contributed by atoms with Crippen LogP contribution >= 0.6 is 0 Å². The summed E-state index contributed by atoms with van der Waals surface area (Å²) < 4.78 is 0. The molecule has 0 aliphatic heterocycles. The Kier molecular flexibility index (Phi) is 43.3. The van der Waals surface area contributed by atoms with Crippen LogP contribution in [0.4, 0.5) is 0 Å². The molecule has 3 N–H and O–H groups in total. The molecule has 0 aliphatic carbocycles. The molecule has 0 aromatic heterocycles. The largest absolute Gasteiger partial charge is 0.394 e. The third kappa shape index (κ3) is 40.1. The van der Waals surface area contributed by atoms with Crippen molar-refractivity contribution in [1.29, 1.82) is 0 Å². The first kappa shape index (κ1) is 50.9. The number of unbranched alkanes of at least 4 members (excludes halogenated alkanes) is 33. The van der Waals surface area contributed by atoms with E-state index < -0.39 is 12.1 Å². The average molecular weight is 732 g/mol. The van der Waals surface area contributed by atoms with Crippen molar-refractivity contribution in [3.05, 3.63) is 24.3 Å². The number of aliphatic hydroxyl groups is 2. The van der Waals surface area contributed by atoms with E-state index in [1.165, 1.54) is 199 Å². The third-order valence-corrected chi connectivity index (χ3v) is 11.0. The molecule has 0 bridgehead atoms. The standard InChI is InChI=1S/C48H93NO3/c1-3-5-7-9-11-13-15-17-19-20-21-22-23-24-25-26-27-28-30-31-33-35-37-39-41-43-47(51)46(45-50)49-48(52)44-42-40-38-36-34-32-29-18-16-14-12-10-8-6-4-2/h12,14,16,18,46-47,50-51H,3-11,13,15,17,19-45H2,1-2H3,(H,49,52)/b14-12-,18-16-. The minimum atomic E-state index is -0.663. The molecule has 1 amide bonds. The highest BCUT2D eigenvalue weighted by molar-refractivity contribution is 5.76. The molecule has 0 aromatic rings. The van der Waals surface area contributed by atoms with Crippen LogP contribution in [0.5, 0.6) is 0 Å². The van der Waals surface area contributed by atoms with E-state index in [4.69, 9.17) is 0 Å². The van der Waals surface area contributed by atoms with E-state index in [9.17, 15) is 15.0 Å². The van der Waals surface area contributed by atoms with Gasteiger partial charge in [-0.3, -0.25) is 4.79 Å². The van der Waals surface area contributed by atoms with Crippen LogP contribution in [0.1, 0.15) is 258 Å². The van der Waals surface area contributed by atoms with Crippen molar-refractivity contribution in [3.8, 4) is 0 Å². The Bertz CT molecular complexity index is 750. The zero-order valence-corrected chi connectivity index (χ0v) is 35.3. The molecule has 2 unspecified atom stereocenters. The molecule has 0 fully saturated rings. The van der Waals surface area contributed by atoms with Crippen LogP contribution < -0.4 is 5.32 Å². The number of rotatable bonds is 43. The van der Waals surface area contributed by atoms with Crippen LogP contribution in [0.25, 0.3) is 0 Å². The van der Waals surface area contributed by atoms with Gasteiger partial charge in [-0.1, -0.05) is 237 Å². The van der Waals surface area contributed by atoms with Crippen molar-refractivity contribution in [1.82, 2.24) is 5.32 Å². The van der Waals surface area contributed by atoms with Crippen LogP contribution in [0.15, 0.2) is 24.3 Å². The van der Waals surface area contributed by atoms with Gasteiger partial charge in [0, 0.05) is 6.42 Å². The lowest BCUT2D eigenvalue weighted by molar-refractivity contribution is -0.123. The second-order valence-corrected chi connectivity index (χ2v) is 16.2. The number of carbonyl (C=O) groups is 1. The summed E-state index contributed by atoms with van der Waals surface area (Å²) >= 11 is 0. The lowest BCUT2D eigenvalue weighted by Gasteiger charge is -2.22. The number of allylic oxidation sites excluding steroid dienone is 4. The maximum Gasteiger partial charge on any atom is 0.220 e. The van der Waals surface area contributed by atoms with Crippen LogP contribution in [0, 0.1) is 0 Å². The molecule has 0 aliphatic rings. The van der Waals surface area contributed by atoms with Crippen molar-refractivity contribution in [3.63, 3.8) is 0 Å². The van der Waals surface area contributed by atoms with Crippen LogP contribution in [-0.2, 0) is 4.79 Å². The summed E-state index contributed by atoms with van der Waals surface area (Å²) in [5.41, 5.74) is 0. The van der Waals surface area contributed by atoms with Crippen LogP contribution in [0.2, 0.25) is 0 Å². The number of aliphatic hydroxyl groups excluding tert-OH is 2. The molecule has 4 nitrogen and oxygen atoms in total. The molecule has 0 saturated carbocycles. The van der Waals surface area contributed by atoms with Gasteiger partial charge in [0.05, 0.1) is 18.8 Å². The van der Waals surface area contributed by atoms with E-state index in [0.717, 1.165) is 32.1 Å². The molecule has 0 spiro atoms. The summed E-state index contributed by atoms with van der Waals surface area (Å²) in [6, 6.07) is -0.541.